The Bertz CT molecular complexity index is 611. The minimum atomic E-state index is -0.445. The van der Waals surface area contributed by atoms with Gasteiger partial charge in [0.05, 0.1) is 0 Å². The van der Waals surface area contributed by atoms with Crippen LogP contribution in [0.4, 0.5) is 4.39 Å². The van der Waals surface area contributed by atoms with Gasteiger partial charge < -0.3 is 0 Å². The normalized spacial score (nSPS) is 12.3. The standard InChI is InChI=1S/C16H15FN2O/c1-12(13-6-3-2-4-7-13)11-18-19-16(20)14-8-5-9-15(17)10-14/h2-12H,1H3,(H,19,20)/b18-11+. The lowest BCUT2D eigenvalue weighted by molar-refractivity contribution is 0.0954. The van der Waals surface area contributed by atoms with E-state index in [-0.39, 0.29) is 11.5 Å². The molecule has 2 aromatic rings. The summed E-state index contributed by atoms with van der Waals surface area (Å²) in [7, 11) is 0. The minimum absolute atomic E-state index is 0.0870. The number of halogens is 1. The first-order valence-corrected chi connectivity index (χ1v) is 6.31. The van der Waals surface area contributed by atoms with Gasteiger partial charge >= 0.3 is 0 Å². The highest BCUT2D eigenvalue weighted by molar-refractivity contribution is 5.94. The molecule has 0 radical (unpaired) electrons. The monoisotopic (exact) mass is 270 g/mol. The van der Waals surface area contributed by atoms with Gasteiger partial charge in [0.2, 0.25) is 0 Å². The number of hydrogen-bond acceptors (Lipinski definition) is 2. The van der Waals surface area contributed by atoms with Gasteiger partial charge in [-0.15, -0.1) is 0 Å². The first-order chi connectivity index (χ1) is 9.66. The summed E-state index contributed by atoms with van der Waals surface area (Å²) in [5.41, 5.74) is 3.74. The van der Waals surface area contributed by atoms with Crippen LogP contribution < -0.4 is 5.43 Å². The first kappa shape index (κ1) is 13.9. The zero-order chi connectivity index (χ0) is 14.4. The Hall–Kier alpha value is -2.49. The minimum Gasteiger partial charge on any atom is -0.267 e. The number of nitrogens with zero attached hydrogens (tertiary/aromatic N) is 1. The molecule has 0 aliphatic rings. The lowest BCUT2D eigenvalue weighted by Crippen LogP contribution is -2.18. The average Bonchev–Trinajstić information content (AvgIpc) is 2.48. The van der Waals surface area contributed by atoms with Crippen LogP contribution in [0.25, 0.3) is 0 Å². The zero-order valence-electron chi connectivity index (χ0n) is 11.1. The lowest BCUT2D eigenvalue weighted by Gasteiger charge is -2.05. The Kier molecular flexibility index (Phi) is 4.60. The van der Waals surface area contributed by atoms with E-state index < -0.39 is 11.7 Å². The topological polar surface area (TPSA) is 41.5 Å². The van der Waals surface area contributed by atoms with Crippen molar-refractivity contribution in [2.45, 2.75) is 12.8 Å². The van der Waals surface area contributed by atoms with E-state index in [4.69, 9.17) is 0 Å². The molecule has 0 aliphatic heterocycles. The molecule has 0 bridgehead atoms. The molecule has 20 heavy (non-hydrogen) atoms. The van der Waals surface area contributed by atoms with Crippen LogP contribution in [0.2, 0.25) is 0 Å². The van der Waals surface area contributed by atoms with Crippen LogP contribution in [0.3, 0.4) is 0 Å². The van der Waals surface area contributed by atoms with Gasteiger partial charge in [-0.2, -0.15) is 5.10 Å². The fourth-order valence-corrected chi connectivity index (χ4v) is 1.74. The summed E-state index contributed by atoms with van der Waals surface area (Å²) < 4.78 is 13.0. The third-order valence-electron chi connectivity index (χ3n) is 2.88. The third-order valence-corrected chi connectivity index (χ3v) is 2.88. The van der Waals surface area contributed by atoms with E-state index in [2.05, 4.69) is 10.5 Å². The van der Waals surface area contributed by atoms with Crippen molar-refractivity contribution in [3.05, 3.63) is 71.5 Å². The molecule has 0 spiro atoms. The molecule has 1 amide bonds. The Morgan fingerprint density at radius 2 is 1.95 bits per heavy atom. The van der Waals surface area contributed by atoms with Crippen molar-refractivity contribution in [3.8, 4) is 0 Å². The van der Waals surface area contributed by atoms with Crippen LogP contribution in [0.5, 0.6) is 0 Å². The van der Waals surface area contributed by atoms with Crippen molar-refractivity contribution < 1.29 is 9.18 Å². The molecule has 4 heteroatoms. The molecule has 0 heterocycles. The van der Waals surface area contributed by atoms with E-state index in [1.807, 2.05) is 37.3 Å². The summed E-state index contributed by atoms with van der Waals surface area (Å²) in [4.78, 5) is 11.7. The van der Waals surface area contributed by atoms with Crippen LogP contribution in [0, 0.1) is 5.82 Å². The predicted molar refractivity (Wildman–Crippen MR) is 77.2 cm³/mol. The molecule has 0 aliphatic carbocycles. The van der Waals surface area contributed by atoms with Crippen molar-refractivity contribution in [2.24, 2.45) is 5.10 Å². The number of nitrogens with one attached hydrogen (secondary N) is 1. The fourth-order valence-electron chi connectivity index (χ4n) is 1.74. The summed E-state index contributed by atoms with van der Waals surface area (Å²) in [5, 5.41) is 3.91. The second kappa shape index (κ2) is 6.61. The molecule has 0 aromatic heterocycles. The maximum absolute atomic E-state index is 13.0. The zero-order valence-corrected chi connectivity index (χ0v) is 11.1. The highest BCUT2D eigenvalue weighted by Gasteiger charge is 2.05. The molecule has 2 rings (SSSR count). The predicted octanol–water partition coefficient (Wildman–Crippen LogP) is 3.35. The molecule has 0 saturated carbocycles. The van der Waals surface area contributed by atoms with E-state index in [9.17, 15) is 9.18 Å². The van der Waals surface area contributed by atoms with Crippen molar-refractivity contribution in [3.63, 3.8) is 0 Å². The Balaban J connectivity index is 1.95. The lowest BCUT2D eigenvalue weighted by atomic mass is 10.0. The summed E-state index contributed by atoms with van der Waals surface area (Å²) >= 11 is 0. The van der Waals surface area contributed by atoms with Gasteiger partial charge in [-0.25, -0.2) is 9.82 Å². The van der Waals surface area contributed by atoms with Crippen molar-refractivity contribution in [1.29, 1.82) is 0 Å². The summed E-state index contributed by atoms with van der Waals surface area (Å²) in [6, 6.07) is 15.3. The number of carbonyl (C=O) groups is 1. The molecular formula is C16H15FN2O. The highest BCUT2D eigenvalue weighted by Crippen LogP contribution is 2.11. The molecule has 1 unspecified atom stereocenters. The Morgan fingerprint density at radius 1 is 1.20 bits per heavy atom. The molecule has 2 aromatic carbocycles. The quantitative estimate of drug-likeness (QED) is 0.672. The van der Waals surface area contributed by atoms with Gasteiger partial charge in [-0.3, -0.25) is 4.79 Å². The Morgan fingerprint density at radius 3 is 2.65 bits per heavy atom. The second-order valence-corrected chi connectivity index (χ2v) is 4.43. The SMILES string of the molecule is CC(/C=N/NC(=O)c1cccc(F)c1)c1ccccc1. The molecule has 0 saturated heterocycles. The van der Waals surface area contributed by atoms with Crippen LogP contribution in [0.1, 0.15) is 28.8 Å². The molecule has 1 atom stereocenters. The number of hydrogen-bond donors (Lipinski definition) is 1. The van der Waals surface area contributed by atoms with E-state index in [1.165, 1.54) is 24.3 Å². The van der Waals surface area contributed by atoms with Gasteiger partial charge in [-0.05, 0) is 23.8 Å². The molecular weight excluding hydrogens is 255 g/mol. The van der Waals surface area contributed by atoms with Gasteiger partial charge in [0.15, 0.2) is 0 Å². The van der Waals surface area contributed by atoms with E-state index in [0.717, 1.165) is 5.56 Å². The van der Waals surface area contributed by atoms with Crippen molar-refractivity contribution in [1.82, 2.24) is 5.43 Å². The van der Waals surface area contributed by atoms with Gasteiger partial charge in [-0.1, -0.05) is 43.3 Å². The Labute approximate surface area is 117 Å². The third kappa shape index (κ3) is 3.75. The summed E-state index contributed by atoms with van der Waals surface area (Å²) in [6.45, 7) is 1.98. The molecule has 102 valence electrons. The maximum Gasteiger partial charge on any atom is 0.271 e. The average molecular weight is 270 g/mol. The van der Waals surface area contributed by atoms with Crippen LogP contribution in [-0.2, 0) is 0 Å². The van der Waals surface area contributed by atoms with E-state index in [1.54, 1.807) is 6.21 Å². The highest BCUT2D eigenvalue weighted by atomic mass is 19.1. The van der Waals surface area contributed by atoms with Crippen molar-refractivity contribution in [2.75, 3.05) is 0 Å². The first-order valence-electron chi connectivity index (χ1n) is 6.31. The number of carbonyl (C=O) groups excluding carboxylic acids is 1. The van der Waals surface area contributed by atoms with Crippen LogP contribution >= 0.6 is 0 Å². The van der Waals surface area contributed by atoms with E-state index >= 15 is 0 Å². The van der Waals surface area contributed by atoms with E-state index in [0.29, 0.717) is 0 Å². The smallest absolute Gasteiger partial charge is 0.267 e. The van der Waals surface area contributed by atoms with Crippen LogP contribution in [-0.4, -0.2) is 12.1 Å². The number of hydrazone groups is 1. The number of rotatable bonds is 4. The van der Waals surface area contributed by atoms with Gasteiger partial charge in [0.25, 0.3) is 5.91 Å². The molecule has 0 fully saturated rings. The molecule has 1 N–H and O–H groups in total. The summed E-state index contributed by atoms with van der Waals surface area (Å²) in [6.07, 6.45) is 1.65. The summed E-state index contributed by atoms with van der Waals surface area (Å²) in [5.74, 6) is -0.788. The van der Waals surface area contributed by atoms with Crippen molar-refractivity contribution >= 4 is 12.1 Å². The fraction of sp³-hybridized carbons (Fsp3) is 0.125. The molecule has 3 nitrogen and oxygen atoms in total. The van der Waals surface area contributed by atoms with Crippen LogP contribution in [0.15, 0.2) is 59.7 Å². The number of benzene rings is 2. The largest absolute Gasteiger partial charge is 0.271 e. The van der Waals surface area contributed by atoms with Gasteiger partial charge in [0.1, 0.15) is 5.82 Å². The number of amides is 1. The second-order valence-electron chi connectivity index (χ2n) is 4.43. The van der Waals surface area contributed by atoms with Gasteiger partial charge in [0, 0.05) is 17.7 Å². The maximum atomic E-state index is 13.0.